The number of hydroxylamine groups is 2. The number of amides is 4. The molecule has 2 N–H and O–H groups in total. The molecule has 1 aliphatic heterocycles. The quantitative estimate of drug-likeness (QED) is 0.211. The maximum absolute atomic E-state index is 13.1. The molecule has 214 valence electrons. The number of hydrogen-bond donors (Lipinski definition) is 2. The molecule has 0 bridgehead atoms. The van der Waals surface area contributed by atoms with E-state index in [1.165, 1.54) is 6.07 Å². The Hall–Kier alpha value is -3.16. The Kier molecular flexibility index (Phi) is 9.80. The fraction of sp³-hybridized carbons (Fsp3) is 0.538. The summed E-state index contributed by atoms with van der Waals surface area (Å²) in [6, 6.07) is 4.72. The summed E-state index contributed by atoms with van der Waals surface area (Å²) in [6.07, 6.45) is -1.79. The van der Waals surface area contributed by atoms with E-state index in [1.807, 2.05) is 0 Å². The van der Waals surface area contributed by atoms with Crippen LogP contribution in [0.3, 0.4) is 0 Å². The first-order chi connectivity index (χ1) is 17.7. The van der Waals surface area contributed by atoms with E-state index in [0.29, 0.717) is 10.6 Å². The van der Waals surface area contributed by atoms with E-state index in [4.69, 9.17) is 19.7 Å². The Morgan fingerprint density at radius 1 is 0.974 bits per heavy atom. The summed E-state index contributed by atoms with van der Waals surface area (Å²) in [5, 5.41) is 11.2. The number of carbonyl (C=O) groups is 5. The van der Waals surface area contributed by atoms with Crippen LogP contribution in [0.1, 0.15) is 70.3 Å². The minimum atomic E-state index is -3.03. The second-order valence-corrected chi connectivity index (χ2v) is 26.5. The topological polar surface area (TPSA) is 155 Å². The first-order valence-electron chi connectivity index (χ1n) is 12.5. The molecule has 1 aliphatic rings. The van der Waals surface area contributed by atoms with E-state index in [9.17, 15) is 24.0 Å². The number of hydrogen-bond acceptors (Lipinski definition) is 9. The summed E-state index contributed by atoms with van der Waals surface area (Å²) >= 11 is -3.03. The molecule has 1 aromatic carbocycles. The van der Waals surface area contributed by atoms with E-state index in [2.05, 4.69) is 20.1 Å². The van der Waals surface area contributed by atoms with Gasteiger partial charge >= 0.3 is 233 Å². The van der Waals surface area contributed by atoms with E-state index in [1.54, 1.807) is 53.7 Å². The van der Waals surface area contributed by atoms with E-state index in [0.717, 1.165) is 8.48 Å². The van der Waals surface area contributed by atoms with Crippen LogP contribution in [-0.2, 0) is 30.4 Å². The third-order valence-corrected chi connectivity index (χ3v) is 11.1. The van der Waals surface area contributed by atoms with Crippen LogP contribution < -0.4 is 8.90 Å². The standard InChI is InChI=1S/C23H29N4O8.3CH3.Sn/c1-22(2,3)33-20(31)25-19(24)26(21(32)34-23(4,5)6)13-14-7-9-15(10-8-14)18(30)35-27-16(28)11-12-17(27)29;;;;/h7,9-10H,11-13H2,1-6H3,(H2,24,25,31);3*1H3;. The number of rotatable bonds is 5. The van der Waals surface area contributed by atoms with Gasteiger partial charge in [0.1, 0.15) is 0 Å². The van der Waals surface area contributed by atoms with Crippen molar-refractivity contribution in [2.45, 2.75) is 86.9 Å². The van der Waals surface area contributed by atoms with Crippen molar-refractivity contribution in [1.82, 2.24) is 15.3 Å². The van der Waals surface area contributed by atoms with Gasteiger partial charge in [0.05, 0.1) is 0 Å². The van der Waals surface area contributed by atoms with Crippen LogP contribution in [-0.4, -0.2) is 75.5 Å². The Morgan fingerprint density at radius 3 is 2.00 bits per heavy atom. The molecule has 1 saturated heterocycles. The molecule has 0 saturated carbocycles. The van der Waals surface area contributed by atoms with Gasteiger partial charge in [-0.25, -0.2) is 0 Å². The van der Waals surface area contributed by atoms with Crippen molar-refractivity contribution in [1.29, 1.82) is 5.41 Å². The summed E-state index contributed by atoms with van der Waals surface area (Å²) in [4.78, 5) is 74.3. The van der Waals surface area contributed by atoms with Gasteiger partial charge in [0, 0.05) is 0 Å². The van der Waals surface area contributed by atoms with Crippen molar-refractivity contribution in [2.75, 3.05) is 0 Å². The molecule has 1 fully saturated rings. The summed E-state index contributed by atoms with van der Waals surface area (Å²) in [5.74, 6) is -2.55. The number of ether oxygens (including phenoxy) is 2. The third-order valence-electron chi connectivity index (χ3n) is 5.17. The molecule has 39 heavy (non-hydrogen) atoms. The Morgan fingerprint density at radius 2 is 1.51 bits per heavy atom. The fourth-order valence-corrected chi connectivity index (χ4v) is 8.42. The van der Waals surface area contributed by atoms with Crippen LogP contribution in [0.4, 0.5) is 9.59 Å². The van der Waals surface area contributed by atoms with Gasteiger partial charge in [-0.15, -0.1) is 0 Å². The second-order valence-electron chi connectivity index (χ2n) is 12.1. The first-order valence-corrected chi connectivity index (χ1v) is 22.5. The van der Waals surface area contributed by atoms with Crippen molar-refractivity contribution in [3.05, 3.63) is 29.3 Å². The molecule has 1 heterocycles. The SMILES string of the molecule is CC(C)(C)OC(=O)NC(=N)N(Cc1ccc(C(=O)ON2C(=O)CCC2=O)c[c]1[Sn]([CH3])([CH3])[CH3])C(=O)OC(C)(C)C. The fourth-order valence-electron chi connectivity index (χ4n) is 3.52. The molecule has 0 spiro atoms. The van der Waals surface area contributed by atoms with Crippen LogP contribution in [0, 0.1) is 5.41 Å². The van der Waals surface area contributed by atoms with Crippen molar-refractivity contribution >= 4 is 57.9 Å². The van der Waals surface area contributed by atoms with Gasteiger partial charge in [-0.2, -0.15) is 0 Å². The molecular formula is C26H38N4O8Sn. The van der Waals surface area contributed by atoms with Gasteiger partial charge in [-0.1, -0.05) is 0 Å². The van der Waals surface area contributed by atoms with E-state index in [-0.39, 0.29) is 24.9 Å². The molecular weight excluding hydrogens is 615 g/mol. The van der Waals surface area contributed by atoms with Gasteiger partial charge in [-0.05, 0) is 0 Å². The number of benzene rings is 1. The zero-order valence-corrected chi connectivity index (χ0v) is 26.9. The van der Waals surface area contributed by atoms with Gasteiger partial charge < -0.3 is 0 Å². The summed E-state index contributed by atoms with van der Waals surface area (Å²) in [6.45, 7) is 9.93. The Balaban J connectivity index is 2.41. The maximum atomic E-state index is 13.1. The molecule has 1 aromatic rings. The molecule has 0 unspecified atom stereocenters. The second kappa shape index (κ2) is 11.9. The Labute approximate surface area is 232 Å². The molecule has 0 radical (unpaired) electrons. The molecule has 0 atom stereocenters. The molecule has 2 rings (SSSR count). The van der Waals surface area contributed by atoms with Gasteiger partial charge in [-0.3, -0.25) is 0 Å². The molecule has 12 nitrogen and oxygen atoms in total. The summed E-state index contributed by atoms with van der Waals surface area (Å²) in [7, 11) is 0. The number of carbonyl (C=O) groups excluding carboxylic acids is 5. The van der Waals surface area contributed by atoms with Gasteiger partial charge in [0.2, 0.25) is 0 Å². The number of imide groups is 1. The van der Waals surface area contributed by atoms with Crippen LogP contribution in [0.2, 0.25) is 14.8 Å². The predicted octanol–water partition coefficient (Wildman–Crippen LogP) is 3.65. The Bertz CT molecular complexity index is 1160. The van der Waals surface area contributed by atoms with Crippen LogP contribution in [0.5, 0.6) is 0 Å². The van der Waals surface area contributed by atoms with Crippen molar-refractivity contribution in [2.24, 2.45) is 0 Å². The average molecular weight is 653 g/mol. The van der Waals surface area contributed by atoms with Gasteiger partial charge in [0.25, 0.3) is 0 Å². The number of nitrogens with zero attached hydrogens (tertiary/aromatic N) is 2. The zero-order valence-electron chi connectivity index (χ0n) is 24.0. The molecule has 0 aliphatic carbocycles. The van der Waals surface area contributed by atoms with Crippen LogP contribution in [0.25, 0.3) is 0 Å². The molecule has 0 aromatic heterocycles. The van der Waals surface area contributed by atoms with Crippen LogP contribution in [0.15, 0.2) is 18.2 Å². The van der Waals surface area contributed by atoms with E-state index < -0.39 is 65.5 Å². The zero-order chi connectivity index (χ0) is 29.9. The third kappa shape index (κ3) is 9.51. The average Bonchev–Trinajstić information content (AvgIpc) is 3.06. The summed E-state index contributed by atoms with van der Waals surface area (Å²) < 4.78 is 11.5. The molecule has 13 heteroatoms. The number of alkyl carbamates (subject to hydrolysis) is 1. The van der Waals surface area contributed by atoms with Gasteiger partial charge in [0.15, 0.2) is 0 Å². The number of nitrogens with one attached hydrogen (secondary N) is 2. The van der Waals surface area contributed by atoms with Crippen LogP contribution >= 0.6 is 0 Å². The van der Waals surface area contributed by atoms with Crippen molar-refractivity contribution in [3.8, 4) is 0 Å². The summed E-state index contributed by atoms with van der Waals surface area (Å²) in [5.41, 5.74) is -0.904. The monoisotopic (exact) mass is 654 g/mol. The normalized spacial score (nSPS) is 14.1. The number of guanidine groups is 1. The van der Waals surface area contributed by atoms with E-state index >= 15 is 0 Å². The van der Waals surface area contributed by atoms with Crippen molar-refractivity contribution < 1.29 is 38.3 Å². The minimum absolute atomic E-state index is 0.0153. The van der Waals surface area contributed by atoms with Crippen molar-refractivity contribution in [3.63, 3.8) is 0 Å². The molecule has 4 amide bonds. The first kappa shape index (κ1) is 32.1. The predicted molar refractivity (Wildman–Crippen MR) is 145 cm³/mol.